The van der Waals surface area contributed by atoms with Crippen molar-refractivity contribution in [3.05, 3.63) is 44.9 Å². The number of benzene rings is 1. The monoisotopic (exact) mass is 344 g/mol. The van der Waals surface area contributed by atoms with Crippen LogP contribution in [0.15, 0.2) is 23.7 Å². The molecule has 0 fully saturated rings. The van der Waals surface area contributed by atoms with Gasteiger partial charge in [0.2, 0.25) is 0 Å². The van der Waals surface area contributed by atoms with E-state index in [1.807, 2.05) is 18.5 Å². The Morgan fingerprint density at radius 3 is 2.78 bits per heavy atom. The summed E-state index contributed by atoms with van der Waals surface area (Å²) in [5.74, 6) is 0. The van der Waals surface area contributed by atoms with Crippen LogP contribution in [0.25, 0.3) is 0 Å². The highest BCUT2D eigenvalue weighted by atomic mass is 79.9. The maximum atomic E-state index is 6.22. The van der Waals surface area contributed by atoms with Gasteiger partial charge in [-0.3, -0.25) is 0 Å². The lowest BCUT2D eigenvalue weighted by Crippen LogP contribution is -2.16. The van der Waals surface area contributed by atoms with E-state index in [-0.39, 0.29) is 0 Å². The third-order valence-corrected chi connectivity index (χ3v) is 4.72. The molecule has 1 heterocycles. The zero-order valence-corrected chi connectivity index (χ0v) is 13.4. The van der Waals surface area contributed by atoms with Gasteiger partial charge in [0, 0.05) is 28.0 Å². The fraction of sp³-hybridized carbons (Fsp3) is 0.308. The van der Waals surface area contributed by atoms with E-state index >= 15 is 0 Å². The molecule has 0 atom stereocenters. The lowest BCUT2D eigenvalue weighted by atomic mass is 10.2. The minimum atomic E-state index is 0.782. The summed E-state index contributed by atoms with van der Waals surface area (Å²) < 4.78 is 0. The molecule has 0 aliphatic carbocycles. The Bertz CT molecular complexity index is 542. The van der Waals surface area contributed by atoms with Gasteiger partial charge in [-0.1, -0.05) is 33.6 Å². The van der Waals surface area contributed by atoms with Crippen molar-refractivity contribution in [2.75, 3.05) is 11.9 Å². The second kappa shape index (κ2) is 6.04. The molecule has 0 N–H and O–H groups in total. The van der Waals surface area contributed by atoms with Crippen LogP contribution < -0.4 is 4.90 Å². The van der Waals surface area contributed by atoms with Crippen molar-refractivity contribution in [1.82, 2.24) is 4.98 Å². The van der Waals surface area contributed by atoms with Crippen LogP contribution in [0, 0.1) is 6.92 Å². The zero-order valence-electron chi connectivity index (χ0n) is 10.3. The van der Waals surface area contributed by atoms with Crippen molar-refractivity contribution in [2.45, 2.75) is 18.8 Å². The predicted octanol–water partition coefficient (Wildman–Crippen LogP) is 4.64. The molecule has 5 heteroatoms. The number of thiazole rings is 1. The second-order valence-electron chi connectivity index (χ2n) is 4.13. The van der Waals surface area contributed by atoms with Gasteiger partial charge in [-0.2, -0.15) is 0 Å². The van der Waals surface area contributed by atoms with Crippen LogP contribution in [0.3, 0.4) is 0 Å². The van der Waals surface area contributed by atoms with Crippen molar-refractivity contribution < 1.29 is 0 Å². The van der Waals surface area contributed by atoms with Crippen molar-refractivity contribution in [3.8, 4) is 0 Å². The third kappa shape index (κ3) is 3.05. The minimum Gasteiger partial charge on any atom is -0.369 e. The molecule has 0 amide bonds. The fourth-order valence-corrected chi connectivity index (χ4v) is 3.39. The van der Waals surface area contributed by atoms with Crippen LogP contribution in [-0.2, 0) is 11.9 Å². The summed E-state index contributed by atoms with van der Waals surface area (Å²) in [5.41, 5.74) is 5.23. The summed E-state index contributed by atoms with van der Waals surface area (Å²) in [6, 6.07) is 6.16. The average molecular weight is 346 g/mol. The molecule has 2 rings (SSSR count). The highest BCUT2D eigenvalue weighted by molar-refractivity contribution is 9.08. The van der Waals surface area contributed by atoms with E-state index in [0.717, 1.165) is 33.8 Å². The van der Waals surface area contributed by atoms with Gasteiger partial charge in [0.15, 0.2) is 0 Å². The first-order valence-electron chi connectivity index (χ1n) is 5.56. The van der Waals surface area contributed by atoms with Gasteiger partial charge >= 0.3 is 0 Å². The Kier molecular flexibility index (Phi) is 4.65. The summed E-state index contributed by atoms with van der Waals surface area (Å²) in [5, 5.41) is 1.58. The smallest absolute Gasteiger partial charge is 0.0798 e. The van der Waals surface area contributed by atoms with Gasteiger partial charge in [0.05, 0.1) is 17.7 Å². The lowest BCUT2D eigenvalue weighted by molar-refractivity contribution is 0.925. The number of rotatable bonds is 4. The number of aryl methyl sites for hydroxylation is 1. The number of anilines is 1. The normalized spacial score (nSPS) is 10.7. The Morgan fingerprint density at radius 2 is 2.22 bits per heavy atom. The summed E-state index contributed by atoms with van der Waals surface area (Å²) in [6.07, 6.45) is 0. The Labute approximate surface area is 125 Å². The van der Waals surface area contributed by atoms with E-state index in [0.29, 0.717) is 0 Å². The molecule has 0 spiro atoms. The van der Waals surface area contributed by atoms with Crippen molar-refractivity contribution in [3.63, 3.8) is 0 Å². The van der Waals surface area contributed by atoms with Gasteiger partial charge in [0.1, 0.15) is 0 Å². The molecular weight excluding hydrogens is 332 g/mol. The van der Waals surface area contributed by atoms with Gasteiger partial charge in [-0.15, -0.1) is 11.3 Å². The summed E-state index contributed by atoms with van der Waals surface area (Å²) in [7, 11) is 2.07. The molecule has 0 bridgehead atoms. The van der Waals surface area contributed by atoms with Crippen LogP contribution in [0.1, 0.15) is 16.1 Å². The minimum absolute atomic E-state index is 0.782. The molecule has 0 aliphatic rings. The third-order valence-electron chi connectivity index (χ3n) is 2.85. The van der Waals surface area contributed by atoms with Crippen molar-refractivity contribution in [1.29, 1.82) is 0 Å². The molecule has 2 aromatic rings. The number of alkyl halides is 1. The molecule has 0 unspecified atom stereocenters. The first-order valence-corrected chi connectivity index (χ1v) is 7.94. The number of hydrogen-bond donors (Lipinski definition) is 0. The molecule has 0 saturated heterocycles. The topological polar surface area (TPSA) is 16.1 Å². The zero-order chi connectivity index (χ0) is 13.1. The molecule has 1 aromatic carbocycles. The van der Waals surface area contributed by atoms with E-state index in [9.17, 15) is 0 Å². The Hall–Kier alpha value is -0.580. The number of hydrogen-bond acceptors (Lipinski definition) is 3. The maximum Gasteiger partial charge on any atom is 0.0798 e. The Morgan fingerprint density at radius 1 is 1.44 bits per heavy atom. The van der Waals surface area contributed by atoms with E-state index < -0.39 is 0 Å². The first-order chi connectivity index (χ1) is 8.61. The van der Waals surface area contributed by atoms with E-state index in [1.165, 1.54) is 4.88 Å². The molecule has 2 nitrogen and oxygen atoms in total. The number of aromatic nitrogens is 1. The predicted molar refractivity (Wildman–Crippen MR) is 83.0 cm³/mol. The van der Waals surface area contributed by atoms with Crippen LogP contribution in [0.5, 0.6) is 0 Å². The van der Waals surface area contributed by atoms with Gasteiger partial charge in [-0.05, 0) is 24.6 Å². The van der Waals surface area contributed by atoms with Gasteiger partial charge in [0.25, 0.3) is 0 Å². The second-order valence-corrected chi connectivity index (χ2v) is 6.03. The quantitative estimate of drug-likeness (QED) is 0.751. The standard InChI is InChI=1S/C13H14BrClN2S/c1-9-13(18-8-16-9)7-17(2)11-4-3-10(6-14)12(15)5-11/h3-5,8H,6-7H2,1-2H3. The largest absolute Gasteiger partial charge is 0.369 e. The van der Waals surface area contributed by atoms with E-state index in [4.69, 9.17) is 11.6 Å². The van der Waals surface area contributed by atoms with Gasteiger partial charge in [-0.25, -0.2) is 4.98 Å². The number of nitrogens with zero attached hydrogens (tertiary/aromatic N) is 2. The van der Waals surface area contributed by atoms with E-state index in [1.54, 1.807) is 11.3 Å². The highest BCUT2D eigenvalue weighted by Gasteiger charge is 2.08. The van der Waals surface area contributed by atoms with Crippen LogP contribution in [0.2, 0.25) is 5.02 Å². The van der Waals surface area contributed by atoms with Gasteiger partial charge < -0.3 is 4.90 Å². The molecule has 0 radical (unpaired) electrons. The summed E-state index contributed by atoms with van der Waals surface area (Å²) in [4.78, 5) is 7.74. The molecule has 1 aromatic heterocycles. The average Bonchev–Trinajstić information content (AvgIpc) is 2.75. The maximum absolute atomic E-state index is 6.22. The van der Waals surface area contributed by atoms with Crippen LogP contribution in [0.4, 0.5) is 5.69 Å². The van der Waals surface area contributed by atoms with Crippen molar-refractivity contribution in [2.24, 2.45) is 0 Å². The molecule has 0 saturated carbocycles. The Balaban J connectivity index is 2.16. The fourth-order valence-electron chi connectivity index (χ4n) is 1.67. The first kappa shape index (κ1) is 13.8. The van der Waals surface area contributed by atoms with Crippen LogP contribution >= 0.6 is 38.9 Å². The van der Waals surface area contributed by atoms with Crippen molar-refractivity contribution >= 4 is 44.6 Å². The van der Waals surface area contributed by atoms with Crippen LogP contribution in [-0.4, -0.2) is 12.0 Å². The number of halogens is 2. The van der Waals surface area contributed by atoms with E-state index in [2.05, 4.69) is 45.0 Å². The molecular formula is C13H14BrClN2S. The summed E-state index contributed by atoms with van der Waals surface area (Å²) >= 11 is 11.3. The molecule has 18 heavy (non-hydrogen) atoms. The molecule has 0 aliphatic heterocycles. The lowest BCUT2D eigenvalue weighted by Gasteiger charge is -2.19. The highest BCUT2D eigenvalue weighted by Crippen LogP contribution is 2.26. The summed E-state index contributed by atoms with van der Waals surface area (Å²) in [6.45, 7) is 2.90. The molecule has 96 valence electrons. The SMILES string of the molecule is Cc1ncsc1CN(C)c1ccc(CBr)c(Cl)c1.